The second-order valence-corrected chi connectivity index (χ2v) is 5.98. The fraction of sp³-hybridized carbons (Fsp3) is 0.909. The van der Waals surface area contributed by atoms with Crippen molar-refractivity contribution in [3.05, 3.63) is 0 Å². The standard InChI is InChI=1S/C11H18N2OS/c14-11-10(12-8-1-2-8)3-5-13(11)9-4-6-15-7-9/h8-10,12H,1-7H2. The minimum Gasteiger partial charge on any atom is -0.337 e. The number of carbonyl (C=O) groups is 1. The summed E-state index contributed by atoms with van der Waals surface area (Å²) in [6, 6.07) is 1.33. The summed E-state index contributed by atoms with van der Waals surface area (Å²) >= 11 is 1.98. The molecule has 3 aliphatic rings. The van der Waals surface area contributed by atoms with Gasteiger partial charge in [-0.3, -0.25) is 4.79 Å². The Morgan fingerprint density at radius 2 is 2.13 bits per heavy atom. The fourth-order valence-corrected chi connectivity index (χ4v) is 3.75. The van der Waals surface area contributed by atoms with Gasteiger partial charge in [-0.1, -0.05) is 0 Å². The molecule has 1 aliphatic carbocycles. The van der Waals surface area contributed by atoms with Gasteiger partial charge in [-0.2, -0.15) is 11.8 Å². The maximum Gasteiger partial charge on any atom is 0.240 e. The van der Waals surface area contributed by atoms with E-state index in [9.17, 15) is 4.79 Å². The zero-order chi connectivity index (χ0) is 10.3. The summed E-state index contributed by atoms with van der Waals surface area (Å²) in [5, 5.41) is 3.46. The van der Waals surface area contributed by atoms with Gasteiger partial charge < -0.3 is 10.2 Å². The third-order valence-corrected chi connectivity index (χ3v) is 4.75. The highest BCUT2D eigenvalue weighted by Crippen LogP contribution is 2.28. The van der Waals surface area contributed by atoms with E-state index in [0.29, 0.717) is 18.0 Å². The van der Waals surface area contributed by atoms with Gasteiger partial charge in [0.1, 0.15) is 0 Å². The van der Waals surface area contributed by atoms with E-state index in [2.05, 4.69) is 10.2 Å². The lowest BCUT2D eigenvalue weighted by Gasteiger charge is -2.23. The SMILES string of the molecule is O=C1C(NC2CC2)CCN1C1CCSC1. The molecule has 2 aliphatic heterocycles. The maximum atomic E-state index is 12.1. The average Bonchev–Trinajstić information content (AvgIpc) is 2.75. The molecule has 0 bridgehead atoms. The monoisotopic (exact) mass is 226 g/mol. The highest BCUT2D eigenvalue weighted by atomic mass is 32.2. The van der Waals surface area contributed by atoms with Crippen LogP contribution in [0.3, 0.4) is 0 Å². The summed E-state index contributed by atoms with van der Waals surface area (Å²) in [5.41, 5.74) is 0. The highest BCUT2D eigenvalue weighted by Gasteiger charge is 2.39. The molecule has 2 heterocycles. The van der Waals surface area contributed by atoms with Crippen LogP contribution >= 0.6 is 11.8 Å². The number of amides is 1. The van der Waals surface area contributed by atoms with Crippen LogP contribution in [0, 0.1) is 0 Å². The number of rotatable bonds is 3. The van der Waals surface area contributed by atoms with Gasteiger partial charge in [0.25, 0.3) is 0 Å². The first-order chi connectivity index (χ1) is 7.34. The lowest BCUT2D eigenvalue weighted by molar-refractivity contribution is -0.131. The minimum atomic E-state index is 0.142. The van der Waals surface area contributed by atoms with Crippen LogP contribution in [0.25, 0.3) is 0 Å². The molecule has 15 heavy (non-hydrogen) atoms. The molecule has 0 aromatic heterocycles. The first-order valence-corrected chi connectivity index (χ1v) is 7.14. The van der Waals surface area contributed by atoms with Crippen molar-refractivity contribution in [2.24, 2.45) is 0 Å². The van der Waals surface area contributed by atoms with Gasteiger partial charge in [-0.25, -0.2) is 0 Å². The molecule has 0 aromatic rings. The van der Waals surface area contributed by atoms with E-state index in [1.54, 1.807) is 0 Å². The summed E-state index contributed by atoms with van der Waals surface area (Å²) in [4.78, 5) is 14.2. The van der Waals surface area contributed by atoms with E-state index in [4.69, 9.17) is 0 Å². The van der Waals surface area contributed by atoms with Gasteiger partial charge in [0.15, 0.2) is 0 Å². The summed E-state index contributed by atoms with van der Waals surface area (Å²) < 4.78 is 0. The summed E-state index contributed by atoms with van der Waals surface area (Å²) in [5.74, 6) is 2.76. The molecule has 0 aromatic carbocycles. The lowest BCUT2D eigenvalue weighted by atomic mass is 10.2. The van der Waals surface area contributed by atoms with Crippen molar-refractivity contribution in [3.8, 4) is 0 Å². The largest absolute Gasteiger partial charge is 0.337 e. The van der Waals surface area contributed by atoms with Gasteiger partial charge in [0.05, 0.1) is 6.04 Å². The zero-order valence-corrected chi connectivity index (χ0v) is 9.76. The molecular formula is C11H18N2OS. The molecule has 1 N–H and O–H groups in total. The average molecular weight is 226 g/mol. The van der Waals surface area contributed by atoms with Crippen LogP contribution in [0.2, 0.25) is 0 Å². The molecule has 0 spiro atoms. The molecule has 3 fully saturated rings. The minimum absolute atomic E-state index is 0.142. The van der Waals surface area contributed by atoms with Crippen molar-refractivity contribution in [2.45, 2.75) is 43.8 Å². The molecule has 2 unspecified atom stereocenters. The molecule has 84 valence electrons. The van der Waals surface area contributed by atoms with E-state index in [-0.39, 0.29) is 6.04 Å². The third kappa shape index (κ3) is 2.02. The van der Waals surface area contributed by atoms with Crippen LogP contribution in [0.15, 0.2) is 0 Å². The molecule has 4 heteroatoms. The Bertz CT molecular complexity index is 261. The number of nitrogens with one attached hydrogen (secondary N) is 1. The second kappa shape index (κ2) is 3.98. The smallest absolute Gasteiger partial charge is 0.240 e. The van der Waals surface area contributed by atoms with E-state index in [0.717, 1.165) is 18.7 Å². The Kier molecular flexibility index (Phi) is 2.64. The predicted octanol–water partition coefficient (Wildman–Crippen LogP) is 0.845. The fourth-order valence-electron chi connectivity index (χ4n) is 2.52. The van der Waals surface area contributed by atoms with Gasteiger partial charge in [0.2, 0.25) is 5.91 Å². The number of thioether (sulfide) groups is 1. The normalized spacial score (nSPS) is 36.5. The van der Waals surface area contributed by atoms with Crippen LogP contribution in [0.5, 0.6) is 0 Å². The Hall–Kier alpha value is -0.220. The molecule has 3 nitrogen and oxygen atoms in total. The number of likely N-dealkylation sites (tertiary alicyclic amines) is 1. The molecule has 1 saturated carbocycles. The summed E-state index contributed by atoms with van der Waals surface area (Å²) in [6.07, 6.45) is 4.76. The van der Waals surface area contributed by atoms with Gasteiger partial charge in [-0.15, -0.1) is 0 Å². The second-order valence-electron chi connectivity index (χ2n) is 4.83. The number of hydrogen-bond acceptors (Lipinski definition) is 3. The van der Waals surface area contributed by atoms with Gasteiger partial charge in [-0.05, 0) is 31.4 Å². The lowest BCUT2D eigenvalue weighted by Crippen LogP contribution is -2.43. The molecule has 2 saturated heterocycles. The maximum absolute atomic E-state index is 12.1. The van der Waals surface area contributed by atoms with E-state index in [1.165, 1.54) is 25.0 Å². The van der Waals surface area contributed by atoms with Crippen molar-refractivity contribution < 1.29 is 4.79 Å². The highest BCUT2D eigenvalue weighted by molar-refractivity contribution is 7.99. The third-order valence-electron chi connectivity index (χ3n) is 3.60. The Labute approximate surface area is 95.0 Å². The van der Waals surface area contributed by atoms with Gasteiger partial charge >= 0.3 is 0 Å². The van der Waals surface area contributed by atoms with Gasteiger partial charge in [0, 0.05) is 24.4 Å². The topological polar surface area (TPSA) is 32.3 Å². The number of carbonyl (C=O) groups excluding carboxylic acids is 1. The van der Waals surface area contributed by atoms with Crippen LogP contribution in [0.1, 0.15) is 25.7 Å². The molecule has 0 radical (unpaired) electrons. The number of nitrogens with zero attached hydrogens (tertiary/aromatic N) is 1. The summed E-state index contributed by atoms with van der Waals surface area (Å²) in [6.45, 7) is 0.981. The van der Waals surface area contributed by atoms with Crippen LogP contribution in [0.4, 0.5) is 0 Å². The van der Waals surface area contributed by atoms with Crippen LogP contribution in [-0.4, -0.2) is 47.0 Å². The zero-order valence-electron chi connectivity index (χ0n) is 8.95. The van der Waals surface area contributed by atoms with E-state index < -0.39 is 0 Å². The first-order valence-electron chi connectivity index (χ1n) is 5.99. The van der Waals surface area contributed by atoms with E-state index >= 15 is 0 Å². The van der Waals surface area contributed by atoms with Crippen LogP contribution in [-0.2, 0) is 4.79 Å². The quantitative estimate of drug-likeness (QED) is 0.774. The first kappa shape index (κ1) is 9.97. The summed E-state index contributed by atoms with van der Waals surface area (Å²) in [7, 11) is 0. The number of hydrogen-bond donors (Lipinski definition) is 1. The Morgan fingerprint density at radius 3 is 2.80 bits per heavy atom. The molecular weight excluding hydrogens is 208 g/mol. The van der Waals surface area contributed by atoms with Crippen molar-refractivity contribution in [1.82, 2.24) is 10.2 Å². The van der Waals surface area contributed by atoms with E-state index in [1.807, 2.05) is 11.8 Å². The van der Waals surface area contributed by atoms with Crippen molar-refractivity contribution in [1.29, 1.82) is 0 Å². The Balaban J connectivity index is 1.59. The molecule has 1 amide bonds. The van der Waals surface area contributed by atoms with Crippen molar-refractivity contribution in [2.75, 3.05) is 18.1 Å². The van der Waals surface area contributed by atoms with Crippen molar-refractivity contribution in [3.63, 3.8) is 0 Å². The van der Waals surface area contributed by atoms with Crippen molar-refractivity contribution >= 4 is 17.7 Å². The molecule has 3 rings (SSSR count). The molecule has 2 atom stereocenters. The predicted molar refractivity (Wildman–Crippen MR) is 62.0 cm³/mol. The van der Waals surface area contributed by atoms with Crippen LogP contribution < -0.4 is 5.32 Å². The Morgan fingerprint density at radius 1 is 1.27 bits per heavy atom.